The van der Waals surface area contributed by atoms with E-state index in [2.05, 4.69) is 4.98 Å². The number of phenols is 1. The van der Waals surface area contributed by atoms with Crippen LogP contribution in [-0.4, -0.2) is 10.1 Å². The van der Waals surface area contributed by atoms with Gasteiger partial charge < -0.3 is 5.11 Å². The van der Waals surface area contributed by atoms with Gasteiger partial charge in [-0.3, -0.25) is 4.98 Å². The molecule has 0 saturated heterocycles. The maximum atomic E-state index is 8.76. The van der Waals surface area contributed by atoms with Crippen LogP contribution < -0.4 is 0 Å². The number of phenolic OH excluding ortho intramolecular Hbond substituents is 1. The summed E-state index contributed by atoms with van der Waals surface area (Å²) in [5.74, 6) is 0.329. The lowest BCUT2D eigenvalue weighted by Crippen LogP contribution is -1.66. The van der Waals surface area contributed by atoms with Gasteiger partial charge in [-0.15, -0.1) is 0 Å². The predicted molar refractivity (Wildman–Crippen MR) is 57.1 cm³/mol. The highest BCUT2D eigenvalue weighted by Crippen LogP contribution is 2.07. The Bertz CT molecular complexity index is 295. The fraction of sp³-hybridized carbons (Fsp3) is 0.0833. The minimum absolute atomic E-state index is 0.329. The summed E-state index contributed by atoms with van der Waals surface area (Å²) >= 11 is 0. The number of rotatable bonds is 0. The second-order valence-electron chi connectivity index (χ2n) is 2.86. The first-order chi connectivity index (χ1) is 6.79. The third kappa shape index (κ3) is 4.26. The SMILES string of the molecule is Cc1ccc(O)cc1.c1ccncc1. The molecule has 2 aromatic rings. The molecular formula is C12H13NO. The van der Waals surface area contributed by atoms with Crippen molar-refractivity contribution in [1.82, 2.24) is 4.98 Å². The molecule has 2 heteroatoms. The number of pyridine rings is 1. The zero-order valence-corrected chi connectivity index (χ0v) is 8.09. The van der Waals surface area contributed by atoms with Gasteiger partial charge in [0.05, 0.1) is 0 Å². The molecule has 0 unspecified atom stereocenters. The molecule has 0 aliphatic heterocycles. The highest BCUT2D eigenvalue weighted by molar-refractivity contribution is 5.24. The molecule has 1 N–H and O–H groups in total. The maximum absolute atomic E-state index is 8.76. The minimum atomic E-state index is 0.329. The number of aromatic nitrogens is 1. The van der Waals surface area contributed by atoms with Crippen molar-refractivity contribution in [3.05, 3.63) is 60.4 Å². The maximum Gasteiger partial charge on any atom is 0.115 e. The van der Waals surface area contributed by atoms with Gasteiger partial charge in [-0.05, 0) is 31.2 Å². The normalized spacial score (nSPS) is 8.64. The smallest absolute Gasteiger partial charge is 0.115 e. The van der Waals surface area contributed by atoms with E-state index in [0.29, 0.717) is 5.75 Å². The van der Waals surface area contributed by atoms with Gasteiger partial charge in [0, 0.05) is 12.4 Å². The molecule has 1 heterocycles. The lowest BCUT2D eigenvalue weighted by Gasteiger charge is -1.89. The Morgan fingerprint density at radius 1 is 0.929 bits per heavy atom. The Morgan fingerprint density at radius 3 is 1.79 bits per heavy atom. The van der Waals surface area contributed by atoms with E-state index in [1.54, 1.807) is 24.5 Å². The molecule has 0 radical (unpaired) electrons. The van der Waals surface area contributed by atoms with Gasteiger partial charge in [-0.25, -0.2) is 0 Å². The van der Waals surface area contributed by atoms with Crippen molar-refractivity contribution in [2.24, 2.45) is 0 Å². The first-order valence-corrected chi connectivity index (χ1v) is 4.39. The average Bonchev–Trinajstić information content (AvgIpc) is 2.26. The average molecular weight is 187 g/mol. The van der Waals surface area contributed by atoms with Crippen LogP contribution in [0.5, 0.6) is 5.75 Å². The van der Waals surface area contributed by atoms with Gasteiger partial charge in [-0.1, -0.05) is 23.8 Å². The van der Waals surface area contributed by atoms with Crippen LogP contribution in [0.1, 0.15) is 5.56 Å². The largest absolute Gasteiger partial charge is 0.508 e. The molecule has 0 bridgehead atoms. The van der Waals surface area contributed by atoms with Crippen LogP contribution in [0.3, 0.4) is 0 Å². The van der Waals surface area contributed by atoms with Crippen molar-refractivity contribution in [3.63, 3.8) is 0 Å². The van der Waals surface area contributed by atoms with Crippen molar-refractivity contribution in [1.29, 1.82) is 0 Å². The van der Waals surface area contributed by atoms with Crippen LogP contribution in [0.2, 0.25) is 0 Å². The Morgan fingerprint density at radius 2 is 1.50 bits per heavy atom. The zero-order valence-electron chi connectivity index (χ0n) is 8.09. The van der Waals surface area contributed by atoms with E-state index in [9.17, 15) is 0 Å². The molecule has 0 fully saturated rings. The summed E-state index contributed by atoms with van der Waals surface area (Å²) in [5, 5.41) is 8.76. The summed E-state index contributed by atoms with van der Waals surface area (Å²) in [6, 6.07) is 12.8. The Labute approximate surface area is 83.9 Å². The molecular weight excluding hydrogens is 174 g/mol. The molecule has 0 aliphatic carbocycles. The van der Waals surface area contributed by atoms with E-state index < -0.39 is 0 Å². The highest BCUT2D eigenvalue weighted by atomic mass is 16.3. The van der Waals surface area contributed by atoms with Crippen LogP contribution >= 0.6 is 0 Å². The van der Waals surface area contributed by atoms with Gasteiger partial charge in [0.25, 0.3) is 0 Å². The first kappa shape index (κ1) is 10.3. The van der Waals surface area contributed by atoms with Gasteiger partial charge in [0.1, 0.15) is 5.75 Å². The summed E-state index contributed by atoms with van der Waals surface area (Å²) in [4.78, 5) is 3.78. The number of nitrogens with zero attached hydrogens (tertiary/aromatic N) is 1. The lowest BCUT2D eigenvalue weighted by atomic mass is 10.2. The van der Waals surface area contributed by atoms with E-state index in [0.717, 1.165) is 0 Å². The fourth-order valence-corrected chi connectivity index (χ4v) is 0.857. The molecule has 1 aromatic heterocycles. The number of hydrogen-bond donors (Lipinski definition) is 1. The van der Waals surface area contributed by atoms with Crippen LogP contribution in [0.15, 0.2) is 54.9 Å². The Kier molecular flexibility index (Phi) is 4.21. The number of aromatic hydroxyl groups is 1. The molecule has 0 aliphatic rings. The second kappa shape index (κ2) is 5.75. The Balaban J connectivity index is 0.000000146. The predicted octanol–water partition coefficient (Wildman–Crippen LogP) is 2.78. The van der Waals surface area contributed by atoms with Crippen molar-refractivity contribution < 1.29 is 5.11 Å². The van der Waals surface area contributed by atoms with Crippen LogP contribution in [-0.2, 0) is 0 Å². The van der Waals surface area contributed by atoms with Crippen LogP contribution in [0, 0.1) is 6.92 Å². The monoisotopic (exact) mass is 187 g/mol. The van der Waals surface area contributed by atoms with Gasteiger partial charge in [0.2, 0.25) is 0 Å². The van der Waals surface area contributed by atoms with E-state index in [1.807, 2.05) is 37.3 Å². The molecule has 2 nitrogen and oxygen atoms in total. The standard InChI is InChI=1S/C7H8O.C5H5N/c1-6-2-4-7(8)5-3-6;1-2-4-6-5-3-1/h2-5,8H,1H3;1-5H. The second-order valence-corrected chi connectivity index (χ2v) is 2.86. The summed E-state index contributed by atoms with van der Waals surface area (Å²) in [6.07, 6.45) is 3.50. The molecule has 0 spiro atoms. The first-order valence-electron chi connectivity index (χ1n) is 4.39. The molecule has 0 atom stereocenters. The van der Waals surface area contributed by atoms with E-state index in [-0.39, 0.29) is 0 Å². The van der Waals surface area contributed by atoms with Gasteiger partial charge in [-0.2, -0.15) is 0 Å². The van der Waals surface area contributed by atoms with Crippen molar-refractivity contribution in [2.45, 2.75) is 6.92 Å². The minimum Gasteiger partial charge on any atom is -0.508 e. The number of hydrogen-bond acceptors (Lipinski definition) is 2. The highest BCUT2D eigenvalue weighted by Gasteiger charge is 1.82. The van der Waals surface area contributed by atoms with E-state index in [1.165, 1.54) is 5.56 Å². The molecule has 72 valence electrons. The van der Waals surface area contributed by atoms with Crippen LogP contribution in [0.25, 0.3) is 0 Å². The quantitative estimate of drug-likeness (QED) is 0.688. The molecule has 2 rings (SSSR count). The third-order valence-corrected chi connectivity index (χ3v) is 1.60. The van der Waals surface area contributed by atoms with Crippen LogP contribution in [0.4, 0.5) is 0 Å². The molecule has 0 saturated carbocycles. The van der Waals surface area contributed by atoms with Crippen molar-refractivity contribution in [3.8, 4) is 5.75 Å². The zero-order chi connectivity index (χ0) is 10.2. The van der Waals surface area contributed by atoms with Crippen molar-refractivity contribution >= 4 is 0 Å². The fourth-order valence-electron chi connectivity index (χ4n) is 0.857. The topological polar surface area (TPSA) is 33.1 Å². The van der Waals surface area contributed by atoms with E-state index >= 15 is 0 Å². The summed E-state index contributed by atoms with van der Waals surface area (Å²) in [7, 11) is 0. The third-order valence-electron chi connectivity index (χ3n) is 1.60. The summed E-state index contributed by atoms with van der Waals surface area (Å²) in [6.45, 7) is 1.99. The van der Waals surface area contributed by atoms with E-state index in [4.69, 9.17) is 5.11 Å². The summed E-state index contributed by atoms with van der Waals surface area (Å²) in [5.41, 5.74) is 1.17. The number of benzene rings is 1. The van der Waals surface area contributed by atoms with Crippen molar-refractivity contribution in [2.75, 3.05) is 0 Å². The van der Waals surface area contributed by atoms with Gasteiger partial charge >= 0.3 is 0 Å². The Hall–Kier alpha value is -1.83. The number of aryl methyl sites for hydroxylation is 1. The molecule has 14 heavy (non-hydrogen) atoms. The lowest BCUT2D eigenvalue weighted by molar-refractivity contribution is 0.475. The van der Waals surface area contributed by atoms with Gasteiger partial charge in [0.15, 0.2) is 0 Å². The molecule has 1 aromatic carbocycles. The summed E-state index contributed by atoms with van der Waals surface area (Å²) < 4.78 is 0. The molecule has 0 amide bonds.